The number of benzene rings is 1. The number of phenols is 1. The summed E-state index contributed by atoms with van der Waals surface area (Å²) < 4.78 is 57.7. The van der Waals surface area contributed by atoms with E-state index < -0.39 is 18.9 Å². The first kappa shape index (κ1) is 29.0. The summed E-state index contributed by atoms with van der Waals surface area (Å²) in [4.78, 5) is 15.2. The average Bonchev–Trinajstić information content (AvgIpc) is 2.84. The average molecular weight is 553 g/mol. The van der Waals surface area contributed by atoms with Gasteiger partial charge in [0.25, 0.3) is 5.88 Å². The Kier molecular flexibility index (Phi) is 8.76. The number of aliphatic imine (C=N–C) groups is 1. The minimum absolute atomic E-state index is 0.00412. The topological polar surface area (TPSA) is 112 Å². The molecule has 9 nitrogen and oxygen atoms in total. The Labute approximate surface area is 219 Å². The predicted octanol–water partition coefficient (Wildman–Crippen LogP) is 4.53. The zero-order valence-electron chi connectivity index (χ0n) is 22.1. The number of alkyl halides is 3. The Morgan fingerprint density at radius 1 is 1.34 bits per heavy atom. The molecule has 1 aliphatic rings. The van der Waals surface area contributed by atoms with Crippen LogP contribution in [0, 0.1) is 0 Å². The van der Waals surface area contributed by atoms with E-state index in [9.17, 15) is 22.8 Å². The van der Waals surface area contributed by atoms with Crippen molar-refractivity contribution in [3.8, 4) is 11.6 Å². The van der Waals surface area contributed by atoms with Crippen molar-refractivity contribution in [3.63, 3.8) is 0 Å². The lowest BCUT2D eigenvalue weighted by atomic mass is 10.1. The number of aromatic hydroxyl groups is 1. The number of anilines is 1. The molecule has 2 aromatic rings. The highest BCUT2D eigenvalue weighted by molar-refractivity contribution is 7.69. The van der Waals surface area contributed by atoms with Gasteiger partial charge in [-0.1, -0.05) is 0 Å². The molecule has 0 spiro atoms. The molecular formula is C25H32F3N6O3P. The zero-order valence-corrected chi connectivity index (χ0v) is 23.0. The number of nitrogens with zero attached hydrogens (tertiary/aromatic N) is 4. The van der Waals surface area contributed by atoms with Gasteiger partial charge in [-0.25, -0.2) is 15.0 Å². The molecule has 206 valence electrons. The molecule has 1 aromatic carbocycles. The number of nitrogens with one attached hydrogen (secondary N) is 2. The molecule has 38 heavy (non-hydrogen) atoms. The Bertz CT molecular complexity index is 1330. The van der Waals surface area contributed by atoms with Gasteiger partial charge in [-0.15, -0.1) is 0 Å². The number of rotatable bonds is 7. The van der Waals surface area contributed by atoms with Gasteiger partial charge in [-0.3, -0.25) is 0 Å². The minimum atomic E-state index is -4.53. The largest absolute Gasteiger partial charge is 0.508 e. The van der Waals surface area contributed by atoms with E-state index in [2.05, 4.69) is 20.6 Å². The van der Waals surface area contributed by atoms with Gasteiger partial charge in [-0.2, -0.15) is 13.2 Å². The summed E-state index contributed by atoms with van der Waals surface area (Å²) in [6.07, 6.45) is -1.42. The number of halogens is 3. The number of methoxy groups -OCH3 is 1. The molecule has 0 unspecified atom stereocenters. The third-order valence-electron chi connectivity index (χ3n) is 5.69. The second-order valence-corrected chi connectivity index (χ2v) is 12.4. The zero-order chi connectivity index (χ0) is 28.3. The van der Waals surface area contributed by atoms with Crippen molar-refractivity contribution in [2.24, 2.45) is 4.99 Å². The first-order valence-corrected chi connectivity index (χ1v) is 14.4. The summed E-state index contributed by atoms with van der Waals surface area (Å²) in [5.41, 5.74) is 1.25. The van der Waals surface area contributed by atoms with Crippen LogP contribution in [-0.4, -0.2) is 59.3 Å². The van der Waals surface area contributed by atoms with Crippen LogP contribution in [0.15, 0.2) is 52.6 Å². The first-order chi connectivity index (χ1) is 17.7. The summed E-state index contributed by atoms with van der Waals surface area (Å²) in [6.45, 7) is 9.69. The molecule has 3 N–H and O–H groups in total. The van der Waals surface area contributed by atoms with Gasteiger partial charge in [0.05, 0.1) is 24.6 Å². The van der Waals surface area contributed by atoms with E-state index in [1.807, 2.05) is 13.8 Å². The van der Waals surface area contributed by atoms with Gasteiger partial charge in [0.15, 0.2) is 11.7 Å². The fourth-order valence-corrected chi connectivity index (χ4v) is 4.35. The number of hydrogen-bond acceptors (Lipinski definition) is 8. The first-order valence-electron chi connectivity index (χ1n) is 11.8. The Balaban J connectivity index is 2.00. The number of amidine groups is 1. The van der Waals surface area contributed by atoms with E-state index in [-0.39, 0.29) is 29.6 Å². The van der Waals surface area contributed by atoms with Crippen LogP contribution in [0.5, 0.6) is 11.6 Å². The number of ether oxygens (including phenoxy) is 1. The van der Waals surface area contributed by atoms with Crippen LogP contribution in [-0.2, 0) is 17.3 Å². The predicted molar refractivity (Wildman–Crippen MR) is 142 cm³/mol. The molecular weight excluding hydrogens is 520 g/mol. The van der Waals surface area contributed by atoms with Gasteiger partial charge in [-0.05, 0) is 63.9 Å². The third-order valence-corrected chi connectivity index (χ3v) is 7.01. The second kappa shape index (κ2) is 11.5. The molecule has 2 heterocycles. The fourth-order valence-electron chi connectivity index (χ4n) is 3.68. The van der Waals surface area contributed by atoms with Crippen molar-refractivity contribution in [2.75, 3.05) is 38.8 Å². The lowest BCUT2D eigenvalue weighted by molar-refractivity contribution is -0.137. The maximum absolute atomic E-state index is 13.3. The molecule has 3 rings (SSSR count). The van der Waals surface area contributed by atoms with Gasteiger partial charge in [0, 0.05) is 25.2 Å². The van der Waals surface area contributed by atoms with E-state index in [1.54, 1.807) is 31.2 Å². The van der Waals surface area contributed by atoms with Crippen molar-refractivity contribution < 1.29 is 27.6 Å². The molecule has 1 aliphatic heterocycles. The van der Waals surface area contributed by atoms with Gasteiger partial charge >= 0.3 is 6.18 Å². The van der Waals surface area contributed by atoms with E-state index >= 15 is 0 Å². The maximum Gasteiger partial charge on any atom is 0.416 e. The molecule has 0 radical (unpaired) electrons. The molecule has 0 atom stereocenters. The Morgan fingerprint density at radius 2 is 2.05 bits per heavy atom. The number of phenolic OH excluding ortho intramolecular Hbond substituents is 1. The fraction of sp³-hybridized carbons (Fsp3) is 0.400. The lowest BCUT2D eigenvalue weighted by Gasteiger charge is -2.34. The molecule has 1 saturated heterocycles. The lowest BCUT2D eigenvalue weighted by Crippen LogP contribution is -2.46. The summed E-state index contributed by atoms with van der Waals surface area (Å²) >= 11 is 0. The molecule has 1 aromatic heterocycles. The number of hydrogen-bond donors (Lipinski definition) is 3. The minimum Gasteiger partial charge on any atom is -0.508 e. The highest BCUT2D eigenvalue weighted by Gasteiger charge is 2.32. The van der Waals surface area contributed by atoms with Crippen LogP contribution in [0.2, 0.25) is 0 Å². The standard InChI is InChI=1S/C25H32F3N6O3P/c1-7-19(31-22-24(37-4)33-20(13-30-22)38(5,6)36)32-23-21(15(2)3)29-10-11-34(23)14-16-12-17(25(26,27)28)8-9-18(16)35/h7-9,12-13,29,35H,10-11,14H2,1-6H3,(H,30,31)/b19-7-,32-23+. The van der Waals surface area contributed by atoms with Crippen LogP contribution < -0.4 is 20.8 Å². The number of aromatic nitrogens is 2. The van der Waals surface area contributed by atoms with E-state index in [0.717, 1.165) is 29.5 Å². The number of allylic oxidation sites excluding steroid dienone is 2. The van der Waals surface area contributed by atoms with Crippen molar-refractivity contribution in [1.29, 1.82) is 0 Å². The third kappa shape index (κ3) is 6.86. The highest BCUT2D eigenvalue weighted by atomic mass is 31.2. The van der Waals surface area contributed by atoms with E-state index in [4.69, 9.17) is 9.73 Å². The number of piperazine rings is 1. The van der Waals surface area contributed by atoms with Crippen LogP contribution in [0.1, 0.15) is 31.9 Å². The van der Waals surface area contributed by atoms with Crippen LogP contribution >= 0.6 is 7.14 Å². The van der Waals surface area contributed by atoms with Gasteiger partial charge in [0.1, 0.15) is 24.1 Å². The normalized spacial score (nSPS) is 15.9. The monoisotopic (exact) mass is 552 g/mol. The van der Waals surface area contributed by atoms with E-state index in [0.29, 0.717) is 30.2 Å². The molecule has 0 saturated carbocycles. The molecule has 0 amide bonds. The Hall–Kier alpha value is -3.53. The highest BCUT2D eigenvalue weighted by Crippen LogP contribution is 2.35. The van der Waals surface area contributed by atoms with E-state index in [1.165, 1.54) is 13.3 Å². The quantitative estimate of drug-likeness (QED) is 0.430. The van der Waals surface area contributed by atoms with Crippen LogP contribution in [0.4, 0.5) is 19.0 Å². The molecule has 0 bridgehead atoms. The van der Waals surface area contributed by atoms with Crippen molar-refractivity contribution >= 4 is 24.2 Å². The molecule has 13 heteroatoms. The summed E-state index contributed by atoms with van der Waals surface area (Å²) in [5, 5.41) is 16.7. The van der Waals surface area contributed by atoms with Crippen molar-refractivity contribution in [1.82, 2.24) is 20.2 Å². The van der Waals surface area contributed by atoms with Crippen molar-refractivity contribution in [3.05, 3.63) is 58.7 Å². The summed E-state index contributed by atoms with van der Waals surface area (Å²) in [5.74, 6) is 1.01. The smallest absolute Gasteiger partial charge is 0.416 e. The summed E-state index contributed by atoms with van der Waals surface area (Å²) in [6, 6.07) is 2.86. The maximum atomic E-state index is 13.3. The second-order valence-electron chi connectivity index (χ2n) is 9.24. The van der Waals surface area contributed by atoms with Gasteiger partial charge < -0.3 is 29.9 Å². The SMILES string of the molecule is C/C=C(\N=C1/C(=C(C)C)NCCN1Cc1cc(C(F)(F)F)ccc1O)Nc1ncc(P(C)(C)=O)nc1OC. The van der Waals surface area contributed by atoms with Crippen LogP contribution in [0.25, 0.3) is 0 Å². The van der Waals surface area contributed by atoms with Crippen molar-refractivity contribution in [2.45, 2.75) is 33.5 Å². The summed E-state index contributed by atoms with van der Waals surface area (Å²) in [7, 11) is -1.24. The molecule has 1 fully saturated rings. The molecule has 0 aliphatic carbocycles. The van der Waals surface area contributed by atoms with Gasteiger partial charge in [0.2, 0.25) is 0 Å². The van der Waals surface area contributed by atoms with Crippen LogP contribution in [0.3, 0.4) is 0 Å². The Morgan fingerprint density at radius 3 is 2.63 bits per heavy atom.